The van der Waals surface area contributed by atoms with Gasteiger partial charge in [0.1, 0.15) is 0 Å². The molecular weight excluding hydrogens is 336 g/mol. The quantitative estimate of drug-likeness (QED) is 0.708. The summed E-state index contributed by atoms with van der Waals surface area (Å²) in [6.07, 6.45) is 1.07. The van der Waals surface area contributed by atoms with Crippen LogP contribution >= 0.6 is 47.8 Å². The zero-order valence-electron chi connectivity index (χ0n) is 5.78. The molecule has 0 saturated heterocycles. The molecule has 0 nitrogen and oxygen atoms in total. The molecule has 0 aliphatic heterocycles. The molecule has 11 heavy (non-hydrogen) atoms. The Bertz CT molecular complexity index is 225. The molecule has 60 valence electrons. The van der Waals surface area contributed by atoms with Gasteiger partial charge in [-0.1, -0.05) is 47.8 Å². The summed E-state index contributed by atoms with van der Waals surface area (Å²) in [6, 6.07) is 6.30. The molecule has 0 atom stereocenters. The van der Waals surface area contributed by atoms with Gasteiger partial charge < -0.3 is 0 Å². The van der Waals surface area contributed by atoms with Gasteiger partial charge in [0, 0.05) is 14.3 Å². The number of aryl methyl sites for hydroxylation is 1. The molecule has 0 radical (unpaired) electrons. The number of halogens is 3. The van der Waals surface area contributed by atoms with Gasteiger partial charge in [0.05, 0.1) is 0 Å². The average molecular weight is 343 g/mol. The second kappa shape index (κ2) is 4.63. The van der Waals surface area contributed by atoms with Gasteiger partial charge >= 0.3 is 0 Å². The van der Waals surface area contributed by atoms with E-state index in [0.717, 1.165) is 20.7 Å². The van der Waals surface area contributed by atoms with Crippen molar-refractivity contribution in [1.29, 1.82) is 0 Å². The Hall–Kier alpha value is 0.660. The first kappa shape index (κ1) is 9.75. The number of hydrogen-bond acceptors (Lipinski definition) is 0. The minimum atomic E-state index is 1.01. The van der Waals surface area contributed by atoms with E-state index in [2.05, 4.69) is 59.9 Å². The summed E-state index contributed by atoms with van der Waals surface area (Å²) >= 11 is 10.3. The highest BCUT2D eigenvalue weighted by molar-refractivity contribution is 9.11. The van der Waals surface area contributed by atoms with Crippen LogP contribution in [0.1, 0.15) is 5.56 Å². The van der Waals surface area contributed by atoms with E-state index in [1.807, 2.05) is 6.07 Å². The van der Waals surface area contributed by atoms with Crippen molar-refractivity contribution in [2.24, 2.45) is 0 Å². The lowest BCUT2D eigenvalue weighted by atomic mass is 10.2. The van der Waals surface area contributed by atoms with Gasteiger partial charge in [-0.05, 0) is 30.2 Å². The summed E-state index contributed by atoms with van der Waals surface area (Å²) in [5.74, 6) is 0. The van der Waals surface area contributed by atoms with Crippen LogP contribution in [0.4, 0.5) is 0 Å². The molecule has 0 unspecified atom stereocenters. The van der Waals surface area contributed by atoms with Crippen molar-refractivity contribution in [3.8, 4) is 0 Å². The van der Waals surface area contributed by atoms with E-state index in [9.17, 15) is 0 Å². The Morgan fingerprint density at radius 1 is 1.00 bits per heavy atom. The van der Waals surface area contributed by atoms with Crippen molar-refractivity contribution < 1.29 is 0 Å². The Labute approximate surface area is 91.8 Å². The predicted octanol–water partition coefficient (Wildman–Crippen LogP) is 4.15. The monoisotopic (exact) mass is 340 g/mol. The minimum Gasteiger partial charge on any atom is -0.0924 e. The van der Waals surface area contributed by atoms with Crippen molar-refractivity contribution in [1.82, 2.24) is 0 Å². The third-order valence-corrected chi connectivity index (χ3v) is 2.62. The maximum Gasteiger partial charge on any atom is 0.0189 e. The molecule has 0 aromatic heterocycles. The van der Waals surface area contributed by atoms with E-state index in [1.54, 1.807) is 0 Å². The highest BCUT2D eigenvalue weighted by atomic mass is 79.9. The molecule has 0 saturated carbocycles. The van der Waals surface area contributed by atoms with E-state index in [4.69, 9.17) is 0 Å². The summed E-state index contributed by atoms with van der Waals surface area (Å²) in [6.45, 7) is 0. The normalized spacial score (nSPS) is 10.1. The number of rotatable bonds is 2. The first-order valence-electron chi connectivity index (χ1n) is 3.23. The van der Waals surface area contributed by atoms with E-state index >= 15 is 0 Å². The largest absolute Gasteiger partial charge is 0.0924 e. The van der Waals surface area contributed by atoms with Gasteiger partial charge in [-0.3, -0.25) is 0 Å². The SMILES string of the molecule is BrCCc1cc(Br)cc(Br)c1. The fourth-order valence-electron chi connectivity index (χ4n) is 0.864. The van der Waals surface area contributed by atoms with Crippen molar-refractivity contribution in [2.45, 2.75) is 6.42 Å². The van der Waals surface area contributed by atoms with Crippen LogP contribution in [0.2, 0.25) is 0 Å². The van der Waals surface area contributed by atoms with Crippen molar-refractivity contribution in [3.63, 3.8) is 0 Å². The molecule has 1 aromatic carbocycles. The summed E-state index contributed by atoms with van der Waals surface area (Å²) in [7, 11) is 0. The van der Waals surface area contributed by atoms with Crippen LogP contribution in [-0.4, -0.2) is 5.33 Å². The van der Waals surface area contributed by atoms with Crippen LogP contribution in [0.15, 0.2) is 27.1 Å². The summed E-state index contributed by atoms with van der Waals surface area (Å²) in [5.41, 5.74) is 1.34. The predicted molar refractivity (Wildman–Crippen MR) is 59.3 cm³/mol. The van der Waals surface area contributed by atoms with Crippen LogP contribution in [0.25, 0.3) is 0 Å². The molecule has 1 rings (SSSR count). The Morgan fingerprint density at radius 3 is 2.00 bits per heavy atom. The third-order valence-electron chi connectivity index (χ3n) is 1.31. The highest BCUT2D eigenvalue weighted by Crippen LogP contribution is 2.20. The Balaban J connectivity index is 2.89. The third kappa shape index (κ3) is 3.26. The van der Waals surface area contributed by atoms with E-state index in [1.165, 1.54) is 5.56 Å². The summed E-state index contributed by atoms with van der Waals surface area (Å²) < 4.78 is 2.26. The van der Waals surface area contributed by atoms with E-state index < -0.39 is 0 Å². The highest BCUT2D eigenvalue weighted by Gasteiger charge is 1.95. The molecule has 1 aromatic rings. The van der Waals surface area contributed by atoms with Gasteiger partial charge in [-0.25, -0.2) is 0 Å². The molecule has 0 fully saturated rings. The van der Waals surface area contributed by atoms with Crippen molar-refractivity contribution in [2.75, 3.05) is 5.33 Å². The molecule has 0 N–H and O–H groups in total. The molecule has 0 heterocycles. The maximum atomic E-state index is 3.44. The first-order chi connectivity index (χ1) is 5.22. The Kier molecular flexibility index (Phi) is 4.10. The summed E-state index contributed by atoms with van der Waals surface area (Å²) in [5, 5.41) is 1.01. The van der Waals surface area contributed by atoms with Gasteiger partial charge in [0.2, 0.25) is 0 Å². The van der Waals surface area contributed by atoms with E-state index in [-0.39, 0.29) is 0 Å². The van der Waals surface area contributed by atoms with Crippen molar-refractivity contribution in [3.05, 3.63) is 32.7 Å². The van der Waals surface area contributed by atoms with E-state index in [0.29, 0.717) is 0 Å². The molecular formula is C8H7Br3. The minimum absolute atomic E-state index is 1.01. The fourth-order valence-corrected chi connectivity index (χ4v) is 2.71. The molecule has 0 bridgehead atoms. The topological polar surface area (TPSA) is 0 Å². The van der Waals surface area contributed by atoms with Gasteiger partial charge in [-0.2, -0.15) is 0 Å². The summed E-state index contributed by atoms with van der Waals surface area (Å²) in [4.78, 5) is 0. The average Bonchev–Trinajstić information content (AvgIpc) is 1.85. The fraction of sp³-hybridized carbons (Fsp3) is 0.250. The second-order valence-corrected chi connectivity index (χ2v) is 4.84. The van der Waals surface area contributed by atoms with Gasteiger partial charge in [-0.15, -0.1) is 0 Å². The van der Waals surface area contributed by atoms with Crippen LogP contribution in [-0.2, 0) is 6.42 Å². The maximum absolute atomic E-state index is 3.44. The number of alkyl halides is 1. The van der Waals surface area contributed by atoms with Crippen LogP contribution in [0, 0.1) is 0 Å². The number of hydrogen-bond donors (Lipinski definition) is 0. The lowest BCUT2D eigenvalue weighted by Crippen LogP contribution is -1.85. The van der Waals surface area contributed by atoms with Crippen LogP contribution < -0.4 is 0 Å². The van der Waals surface area contributed by atoms with Gasteiger partial charge in [0.15, 0.2) is 0 Å². The molecule has 0 aliphatic carbocycles. The zero-order chi connectivity index (χ0) is 8.27. The van der Waals surface area contributed by atoms with Gasteiger partial charge in [0.25, 0.3) is 0 Å². The lowest BCUT2D eigenvalue weighted by molar-refractivity contribution is 1.16. The van der Waals surface area contributed by atoms with Crippen molar-refractivity contribution >= 4 is 47.8 Å². The lowest BCUT2D eigenvalue weighted by Gasteiger charge is -1.99. The zero-order valence-corrected chi connectivity index (χ0v) is 10.5. The smallest absolute Gasteiger partial charge is 0.0189 e. The Morgan fingerprint density at radius 2 is 1.55 bits per heavy atom. The molecule has 3 heteroatoms. The number of benzene rings is 1. The molecule has 0 spiro atoms. The van der Waals surface area contributed by atoms with Crippen LogP contribution in [0.5, 0.6) is 0 Å². The first-order valence-corrected chi connectivity index (χ1v) is 5.94. The standard InChI is InChI=1S/C8H7Br3/c9-2-1-6-3-7(10)5-8(11)4-6/h3-5H,1-2H2. The molecule has 0 aliphatic rings. The van der Waals surface area contributed by atoms with Crippen LogP contribution in [0.3, 0.4) is 0 Å². The second-order valence-electron chi connectivity index (χ2n) is 2.22. The molecule has 0 amide bonds.